The molecule has 1 atom stereocenters. The highest BCUT2D eigenvalue weighted by molar-refractivity contribution is 7.99. The second-order valence-electron chi connectivity index (χ2n) is 6.64. The summed E-state index contributed by atoms with van der Waals surface area (Å²) in [6.07, 6.45) is 3.83. The number of carbonyl (C=O) groups is 1. The van der Waals surface area contributed by atoms with Crippen LogP contribution in [0, 0.1) is 0 Å². The lowest BCUT2D eigenvalue weighted by molar-refractivity contribution is -0.131. The van der Waals surface area contributed by atoms with Crippen LogP contribution in [0.25, 0.3) is 0 Å². The molecule has 2 fully saturated rings. The van der Waals surface area contributed by atoms with Crippen LogP contribution in [0.2, 0.25) is 0 Å². The first-order valence-electron chi connectivity index (χ1n) is 8.99. The van der Waals surface area contributed by atoms with E-state index in [9.17, 15) is 4.79 Å². The van der Waals surface area contributed by atoms with Crippen molar-refractivity contribution in [2.24, 2.45) is 0 Å². The van der Waals surface area contributed by atoms with Crippen molar-refractivity contribution in [1.29, 1.82) is 0 Å². The Kier molecular flexibility index (Phi) is 6.44. The van der Waals surface area contributed by atoms with Gasteiger partial charge in [0.15, 0.2) is 0 Å². The number of hydrogen-bond acceptors (Lipinski definition) is 4. The molecule has 0 N–H and O–H groups in total. The summed E-state index contributed by atoms with van der Waals surface area (Å²) in [4.78, 5) is 17.2. The van der Waals surface area contributed by atoms with E-state index in [4.69, 9.17) is 4.74 Å². The molecular formula is C19H28N2O2S. The Hall–Kier alpha value is -1.20. The van der Waals surface area contributed by atoms with E-state index < -0.39 is 0 Å². The van der Waals surface area contributed by atoms with E-state index in [2.05, 4.69) is 21.6 Å². The minimum atomic E-state index is 0.300. The summed E-state index contributed by atoms with van der Waals surface area (Å²) in [5.74, 6) is 3.73. The molecule has 1 unspecified atom stereocenters. The molecule has 2 aliphatic rings. The van der Waals surface area contributed by atoms with Gasteiger partial charge < -0.3 is 9.64 Å². The van der Waals surface area contributed by atoms with Crippen molar-refractivity contribution in [3.8, 4) is 5.75 Å². The zero-order chi connectivity index (χ0) is 16.8. The predicted molar refractivity (Wildman–Crippen MR) is 99.8 cm³/mol. The third-order valence-electron chi connectivity index (χ3n) is 5.09. The number of nitrogens with zero attached hydrogens (tertiary/aromatic N) is 2. The van der Waals surface area contributed by atoms with Crippen molar-refractivity contribution < 1.29 is 9.53 Å². The molecule has 2 saturated heterocycles. The summed E-state index contributed by atoms with van der Waals surface area (Å²) in [5.41, 5.74) is 1.20. The highest BCUT2D eigenvalue weighted by atomic mass is 32.2. The summed E-state index contributed by atoms with van der Waals surface area (Å²) < 4.78 is 5.17. The Morgan fingerprint density at radius 2 is 2.04 bits per heavy atom. The maximum absolute atomic E-state index is 12.6. The lowest BCUT2D eigenvalue weighted by atomic mass is 10.1. The SMILES string of the molecule is COc1ccc(CCC(=O)N2CCCN(C3CCSC3)CC2)cc1. The molecule has 3 rings (SSSR count). The summed E-state index contributed by atoms with van der Waals surface area (Å²) in [7, 11) is 1.67. The second kappa shape index (κ2) is 8.77. The molecule has 4 nitrogen and oxygen atoms in total. The van der Waals surface area contributed by atoms with Gasteiger partial charge in [0.05, 0.1) is 7.11 Å². The molecule has 24 heavy (non-hydrogen) atoms. The van der Waals surface area contributed by atoms with Gasteiger partial charge in [-0.25, -0.2) is 0 Å². The highest BCUT2D eigenvalue weighted by Gasteiger charge is 2.26. The first-order chi connectivity index (χ1) is 11.8. The summed E-state index contributed by atoms with van der Waals surface area (Å²) >= 11 is 2.07. The molecule has 2 aliphatic heterocycles. The number of thioether (sulfide) groups is 1. The van der Waals surface area contributed by atoms with Crippen LogP contribution >= 0.6 is 11.8 Å². The molecule has 0 radical (unpaired) electrons. The maximum Gasteiger partial charge on any atom is 0.222 e. The molecule has 132 valence electrons. The van der Waals surface area contributed by atoms with Gasteiger partial charge in [0.1, 0.15) is 5.75 Å². The monoisotopic (exact) mass is 348 g/mol. The van der Waals surface area contributed by atoms with Crippen LogP contribution in [0.3, 0.4) is 0 Å². The van der Waals surface area contributed by atoms with Gasteiger partial charge in [-0.2, -0.15) is 11.8 Å². The van der Waals surface area contributed by atoms with E-state index in [1.54, 1.807) is 7.11 Å². The number of carbonyl (C=O) groups excluding carboxylic acids is 1. The van der Waals surface area contributed by atoms with E-state index in [1.165, 1.54) is 23.5 Å². The quantitative estimate of drug-likeness (QED) is 0.819. The van der Waals surface area contributed by atoms with Gasteiger partial charge >= 0.3 is 0 Å². The first-order valence-corrected chi connectivity index (χ1v) is 10.1. The maximum atomic E-state index is 12.6. The molecular weight excluding hydrogens is 320 g/mol. The van der Waals surface area contributed by atoms with Crippen molar-refractivity contribution >= 4 is 17.7 Å². The smallest absolute Gasteiger partial charge is 0.222 e. The van der Waals surface area contributed by atoms with Crippen molar-refractivity contribution in [2.45, 2.75) is 31.7 Å². The van der Waals surface area contributed by atoms with E-state index in [1.807, 2.05) is 24.3 Å². The fourth-order valence-corrected chi connectivity index (χ4v) is 4.82. The fourth-order valence-electron chi connectivity index (χ4n) is 3.56. The largest absolute Gasteiger partial charge is 0.497 e. The van der Waals surface area contributed by atoms with Gasteiger partial charge in [0, 0.05) is 44.4 Å². The van der Waals surface area contributed by atoms with E-state index in [0.717, 1.165) is 50.8 Å². The standard InChI is InChI=1S/C19H28N2O2S/c1-23-18-6-3-16(4-7-18)5-8-19(22)21-11-2-10-20(12-13-21)17-9-14-24-15-17/h3-4,6-7,17H,2,5,8-15H2,1H3. The second-order valence-corrected chi connectivity index (χ2v) is 7.79. The fraction of sp³-hybridized carbons (Fsp3) is 0.632. The van der Waals surface area contributed by atoms with Gasteiger partial charge in [-0.05, 0) is 42.7 Å². The summed E-state index contributed by atoms with van der Waals surface area (Å²) in [6, 6.07) is 8.76. The van der Waals surface area contributed by atoms with Crippen molar-refractivity contribution in [2.75, 3.05) is 44.8 Å². The highest BCUT2D eigenvalue weighted by Crippen LogP contribution is 2.23. The van der Waals surface area contributed by atoms with Crippen molar-refractivity contribution in [3.05, 3.63) is 29.8 Å². The van der Waals surface area contributed by atoms with Gasteiger partial charge in [0.2, 0.25) is 5.91 Å². The Morgan fingerprint density at radius 3 is 2.75 bits per heavy atom. The molecule has 0 saturated carbocycles. The predicted octanol–water partition coefficient (Wildman–Crippen LogP) is 2.67. The topological polar surface area (TPSA) is 32.8 Å². The Bertz CT molecular complexity index is 529. The Labute approximate surface area is 149 Å². The number of rotatable bonds is 5. The van der Waals surface area contributed by atoms with Gasteiger partial charge in [0.25, 0.3) is 0 Å². The lowest BCUT2D eigenvalue weighted by Crippen LogP contribution is -2.39. The average molecular weight is 349 g/mol. The first kappa shape index (κ1) is 17.6. The van der Waals surface area contributed by atoms with E-state index >= 15 is 0 Å². The van der Waals surface area contributed by atoms with Crippen LogP contribution in [0.15, 0.2) is 24.3 Å². The number of ether oxygens (including phenoxy) is 1. The van der Waals surface area contributed by atoms with Crippen LogP contribution in [0.4, 0.5) is 0 Å². The Morgan fingerprint density at radius 1 is 1.21 bits per heavy atom. The molecule has 1 amide bonds. The average Bonchev–Trinajstić information content (AvgIpc) is 3.04. The van der Waals surface area contributed by atoms with Gasteiger partial charge in [-0.15, -0.1) is 0 Å². The molecule has 0 aromatic heterocycles. The van der Waals surface area contributed by atoms with Crippen LogP contribution in [-0.4, -0.2) is 66.5 Å². The minimum absolute atomic E-state index is 0.300. The van der Waals surface area contributed by atoms with Crippen molar-refractivity contribution in [1.82, 2.24) is 9.80 Å². The third-order valence-corrected chi connectivity index (χ3v) is 6.24. The normalized spacial score (nSPS) is 22.4. The molecule has 1 aromatic carbocycles. The number of aryl methyl sites for hydroxylation is 1. The van der Waals surface area contributed by atoms with Gasteiger partial charge in [-0.1, -0.05) is 12.1 Å². The molecule has 2 heterocycles. The van der Waals surface area contributed by atoms with E-state index in [0.29, 0.717) is 12.3 Å². The zero-order valence-corrected chi connectivity index (χ0v) is 15.4. The minimum Gasteiger partial charge on any atom is -0.497 e. The molecule has 0 aliphatic carbocycles. The van der Waals surface area contributed by atoms with E-state index in [-0.39, 0.29) is 0 Å². The molecule has 5 heteroatoms. The number of methoxy groups -OCH3 is 1. The summed E-state index contributed by atoms with van der Waals surface area (Å²) in [6.45, 7) is 3.99. The van der Waals surface area contributed by atoms with Crippen LogP contribution in [-0.2, 0) is 11.2 Å². The number of benzene rings is 1. The van der Waals surface area contributed by atoms with Gasteiger partial charge in [-0.3, -0.25) is 9.69 Å². The zero-order valence-electron chi connectivity index (χ0n) is 14.6. The molecule has 1 aromatic rings. The molecule has 0 bridgehead atoms. The summed E-state index contributed by atoms with van der Waals surface area (Å²) in [5, 5.41) is 0. The Balaban J connectivity index is 1.46. The number of hydrogen-bond donors (Lipinski definition) is 0. The van der Waals surface area contributed by atoms with Crippen LogP contribution in [0.1, 0.15) is 24.8 Å². The molecule has 0 spiro atoms. The van der Waals surface area contributed by atoms with Crippen LogP contribution < -0.4 is 4.74 Å². The van der Waals surface area contributed by atoms with Crippen LogP contribution in [0.5, 0.6) is 5.75 Å². The number of amides is 1. The lowest BCUT2D eigenvalue weighted by Gasteiger charge is -2.26. The third kappa shape index (κ3) is 4.67. The van der Waals surface area contributed by atoms with Crippen molar-refractivity contribution in [3.63, 3.8) is 0 Å².